The summed E-state index contributed by atoms with van der Waals surface area (Å²) in [5.41, 5.74) is 5.52. The molecule has 60 heavy (non-hydrogen) atoms. The van der Waals surface area contributed by atoms with E-state index < -0.39 is 6.10 Å². The van der Waals surface area contributed by atoms with Crippen LogP contribution in [0.25, 0.3) is 22.3 Å². The van der Waals surface area contributed by atoms with Crippen molar-refractivity contribution in [1.29, 1.82) is 0 Å². The highest BCUT2D eigenvalue weighted by Crippen LogP contribution is 2.36. The number of methoxy groups -OCH3 is 2. The number of aliphatic hydroxyl groups is 1. The number of amides is 1. The van der Waals surface area contributed by atoms with E-state index in [4.69, 9.17) is 14.5 Å². The standard InChI is InChI=1S/C23H25N3O5.C17H27N3O.4C2H6/c1-25(2)10-16-14-7-13-9-26-19(22(13)24-18(14)5-6-21(16)31-4)8-15(20(28)11-27)17(12-30-3)23(26)29;1-18(17-8-4-2-5-9-17)10-6-3-7-11-19-12-14-20(16-21)15-13-19;4*1-2/h5-8,11,20,28H,9-10,12H2,1-4H3;2,4-5,8-9,16H,3,6-7,10-15H2,1H3;4*1-2H3. The fourth-order valence-electron chi connectivity index (χ4n) is 6.96. The summed E-state index contributed by atoms with van der Waals surface area (Å²) < 4.78 is 12.3. The first-order chi connectivity index (χ1) is 29.2. The van der Waals surface area contributed by atoms with Crippen LogP contribution in [0.4, 0.5) is 5.69 Å². The minimum Gasteiger partial charge on any atom is -0.496 e. The Bertz CT molecular complexity index is 1880. The molecule has 12 nitrogen and oxygen atoms in total. The lowest BCUT2D eigenvalue weighted by Crippen LogP contribution is -2.45. The van der Waals surface area contributed by atoms with Crippen LogP contribution in [0.3, 0.4) is 0 Å². The fraction of sp³-hybridized carbons (Fsp3) is 0.542. The van der Waals surface area contributed by atoms with Gasteiger partial charge in [-0.2, -0.15) is 0 Å². The summed E-state index contributed by atoms with van der Waals surface area (Å²) in [6.07, 6.45) is 3.74. The molecule has 0 saturated carbocycles. The number of unbranched alkanes of at least 4 members (excludes halogenated alkanes) is 2. The number of hydrogen-bond acceptors (Lipinski definition) is 10. The van der Waals surface area contributed by atoms with E-state index in [9.17, 15) is 19.5 Å². The Balaban J connectivity index is 0.000000542. The molecule has 6 rings (SSSR count). The number of ether oxygens (including phenoxy) is 2. The zero-order valence-electron chi connectivity index (χ0n) is 39.1. The van der Waals surface area contributed by atoms with Gasteiger partial charge in [0.2, 0.25) is 6.41 Å². The summed E-state index contributed by atoms with van der Waals surface area (Å²) in [6.45, 7) is 23.2. The van der Waals surface area contributed by atoms with Crippen LogP contribution in [0.2, 0.25) is 0 Å². The molecule has 0 bridgehead atoms. The maximum atomic E-state index is 13.2. The molecule has 4 aromatic rings. The third kappa shape index (κ3) is 14.8. The molecule has 1 saturated heterocycles. The Kier molecular flexibility index (Phi) is 26.3. The van der Waals surface area contributed by atoms with Gasteiger partial charge < -0.3 is 38.6 Å². The van der Waals surface area contributed by atoms with Gasteiger partial charge in [0.1, 0.15) is 11.9 Å². The Labute approximate surface area is 361 Å². The van der Waals surface area contributed by atoms with Gasteiger partial charge in [0.05, 0.1) is 37.2 Å². The second kappa shape index (κ2) is 29.6. The molecule has 2 aromatic carbocycles. The van der Waals surface area contributed by atoms with Crippen molar-refractivity contribution in [1.82, 2.24) is 24.3 Å². The number of pyridine rings is 2. The quantitative estimate of drug-likeness (QED) is 0.0820. The maximum absolute atomic E-state index is 13.2. The van der Waals surface area contributed by atoms with Crippen LogP contribution in [0.1, 0.15) is 103 Å². The molecular formula is C48H76N6O6. The summed E-state index contributed by atoms with van der Waals surface area (Å²) in [5.74, 6) is 0.786. The highest BCUT2D eigenvalue weighted by Gasteiger charge is 2.28. The minimum atomic E-state index is -1.40. The average Bonchev–Trinajstić information content (AvgIpc) is 3.67. The molecule has 1 N–H and O–H groups in total. The van der Waals surface area contributed by atoms with Crippen LogP contribution < -0.4 is 15.2 Å². The van der Waals surface area contributed by atoms with Crippen molar-refractivity contribution in [2.45, 2.75) is 100 Å². The number of aromatic nitrogens is 2. The van der Waals surface area contributed by atoms with Gasteiger partial charge in [-0.1, -0.05) is 80.0 Å². The Morgan fingerprint density at radius 3 is 2.05 bits per heavy atom. The lowest BCUT2D eigenvalue weighted by Gasteiger charge is -2.32. The molecular weight excluding hydrogens is 757 g/mol. The summed E-state index contributed by atoms with van der Waals surface area (Å²) in [6, 6.07) is 18.1. The van der Waals surface area contributed by atoms with Crippen LogP contribution in [0.15, 0.2) is 59.4 Å². The fourth-order valence-corrected chi connectivity index (χ4v) is 6.96. The maximum Gasteiger partial charge on any atom is 0.257 e. The number of carbonyl (C=O) groups is 2. The molecule has 2 aromatic heterocycles. The molecule has 0 aliphatic carbocycles. The monoisotopic (exact) mass is 833 g/mol. The number of benzene rings is 2. The highest BCUT2D eigenvalue weighted by atomic mass is 16.5. The molecule has 1 amide bonds. The van der Waals surface area contributed by atoms with Crippen molar-refractivity contribution in [3.8, 4) is 17.1 Å². The van der Waals surface area contributed by atoms with Crippen molar-refractivity contribution in [2.75, 3.05) is 79.5 Å². The number of rotatable bonds is 15. The first-order valence-corrected chi connectivity index (χ1v) is 21.9. The third-order valence-corrected chi connectivity index (χ3v) is 9.80. The second-order valence-corrected chi connectivity index (χ2v) is 13.7. The number of anilines is 1. The lowest BCUT2D eigenvalue weighted by molar-refractivity contribution is -0.119. The predicted molar refractivity (Wildman–Crippen MR) is 249 cm³/mol. The van der Waals surface area contributed by atoms with Crippen LogP contribution in [-0.2, 0) is 34.0 Å². The van der Waals surface area contributed by atoms with Gasteiger partial charge in [-0.05, 0) is 69.9 Å². The normalized spacial score (nSPS) is 12.9. The van der Waals surface area contributed by atoms with Crippen LogP contribution in [-0.4, -0.2) is 117 Å². The van der Waals surface area contributed by atoms with Crippen LogP contribution in [0.5, 0.6) is 5.75 Å². The zero-order valence-corrected chi connectivity index (χ0v) is 39.1. The van der Waals surface area contributed by atoms with Gasteiger partial charge in [-0.3, -0.25) is 14.5 Å². The lowest BCUT2D eigenvalue weighted by atomic mass is 10.0. The molecule has 2 aliphatic rings. The Morgan fingerprint density at radius 2 is 1.48 bits per heavy atom. The number of hydrogen-bond donors (Lipinski definition) is 1. The smallest absolute Gasteiger partial charge is 0.257 e. The number of fused-ring (bicyclic) bond motifs is 4. The Hall–Kier alpha value is -4.62. The summed E-state index contributed by atoms with van der Waals surface area (Å²) in [7, 11) is 9.26. The van der Waals surface area contributed by atoms with E-state index in [1.54, 1.807) is 17.7 Å². The summed E-state index contributed by atoms with van der Waals surface area (Å²) >= 11 is 0. The van der Waals surface area contributed by atoms with Gasteiger partial charge in [-0.15, -0.1) is 0 Å². The van der Waals surface area contributed by atoms with E-state index in [1.807, 2.05) is 86.5 Å². The number of piperazine rings is 1. The Morgan fingerprint density at radius 1 is 0.833 bits per heavy atom. The molecule has 1 atom stereocenters. The van der Waals surface area contributed by atoms with Crippen LogP contribution in [0, 0.1) is 0 Å². The molecule has 4 heterocycles. The van der Waals surface area contributed by atoms with Gasteiger partial charge >= 0.3 is 0 Å². The third-order valence-electron chi connectivity index (χ3n) is 9.80. The van der Waals surface area contributed by atoms with Gasteiger partial charge in [0.15, 0.2) is 6.29 Å². The summed E-state index contributed by atoms with van der Waals surface area (Å²) in [4.78, 5) is 48.6. The predicted octanol–water partition coefficient (Wildman–Crippen LogP) is 8.05. The molecule has 2 aliphatic heterocycles. The molecule has 334 valence electrons. The van der Waals surface area contributed by atoms with E-state index in [2.05, 4.69) is 58.1 Å². The number of nitrogens with zero attached hydrogens (tertiary/aromatic N) is 6. The molecule has 1 fully saturated rings. The highest BCUT2D eigenvalue weighted by molar-refractivity contribution is 5.88. The van der Waals surface area contributed by atoms with Gasteiger partial charge in [0.25, 0.3) is 5.56 Å². The number of carbonyl (C=O) groups excluding carboxylic acids is 2. The van der Waals surface area contributed by atoms with Gasteiger partial charge in [0, 0.05) is 86.8 Å². The second-order valence-electron chi connectivity index (χ2n) is 13.7. The topological polar surface area (TPSA) is 121 Å². The first kappa shape index (κ1) is 53.4. The van der Waals surface area contributed by atoms with Crippen molar-refractivity contribution in [3.05, 3.63) is 87.2 Å². The molecule has 0 spiro atoms. The van der Waals surface area contributed by atoms with E-state index in [0.29, 0.717) is 30.8 Å². The number of para-hydroxylation sites is 1. The minimum absolute atomic E-state index is 0.00920. The number of aliphatic hydroxyl groups excluding tert-OH is 1. The van der Waals surface area contributed by atoms with Crippen molar-refractivity contribution in [2.24, 2.45) is 0 Å². The van der Waals surface area contributed by atoms with Crippen molar-refractivity contribution >= 4 is 29.3 Å². The molecule has 12 heteroatoms. The van der Waals surface area contributed by atoms with E-state index in [1.165, 1.54) is 38.6 Å². The SMILES string of the molecule is CC.CC.CC.CC.CN(CCCCCN1CCN(C=O)CC1)c1ccccc1.COCc1c(C(O)C=O)cc2n(c1=O)Cc1cc3c(CN(C)C)c(OC)ccc3nc1-2. The largest absolute Gasteiger partial charge is 0.496 e. The molecule has 0 radical (unpaired) electrons. The van der Waals surface area contributed by atoms with E-state index in [-0.39, 0.29) is 23.3 Å². The van der Waals surface area contributed by atoms with Crippen molar-refractivity contribution in [3.63, 3.8) is 0 Å². The van der Waals surface area contributed by atoms with Crippen LogP contribution >= 0.6 is 0 Å². The van der Waals surface area contributed by atoms with E-state index >= 15 is 0 Å². The number of aldehydes is 1. The average molecular weight is 833 g/mol. The van der Waals surface area contributed by atoms with Gasteiger partial charge in [-0.25, -0.2) is 4.98 Å². The zero-order chi connectivity index (χ0) is 45.2. The first-order valence-electron chi connectivity index (χ1n) is 21.9. The van der Waals surface area contributed by atoms with E-state index in [0.717, 1.165) is 66.9 Å². The van der Waals surface area contributed by atoms with Crippen molar-refractivity contribution < 1.29 is 24.2 Å². The summed E-state index contributed by atoms with van der Waals surface area (Å²) in [5, 5.41) is 11.1. The molecule has 1 unspecified atom stereocenters.